The molecule has 1 saturated carbocycles. The number of nitrogens with zero attached hydrogens (tertiary/aromatic N) is 1. The van der Waals surface area contributed by atoms with Crippen LogP contribution in [0.1, 0.15) is 76.3 Å². The van der Waals surface area contributed by atoms with Gasteiger partial charge in [0.1, 0.15) is 11.4 Å². The highest BCUT2D eigenvalue weighted by Gasteiger charge is 2.21. The van der Waals surface area contributed by atoms with Crippen molar-refractivity contribution in [2.75, 3.05) is 20.7 Å². The van der Waals surface area contributed by atoms with Crippen molar-refractivity contribution in [1.29, 1.82) is 0 Å². The number of carbonyl (C=O) groups excluding carboxylic acids is 2. The van der Waals surface area contributed by atoms with Gasteiger partial charge in [-0.1, -0.05) is 31.4 Å². The molecule has 0 aromatic heterocycles. The first-order chi connectivity index (χ1) is 13.2. The Labute approximate surface area is 169 Å². The van der Waals surface area contributed by atoms with Gasteiger partial charge in [0.05, 0.1) is 0 Å². The van der Waals surface area contributed by atoms with Crippen LogP contribution >= 0.6 is 0 Å². The van der Waals surface area contributed by atoms with E-state index < -0.39 is 5.60 Å². The second-order valence-electron chi connectivity index (χ2n) is 8.87. The Balaban J connectivity index is 2.10. The van der Waals surface area contributed by atoms with Crippen LogP contribution in [0.15, 0.2) is 18.2 Å². The van der Waals surface area contributed by atoms with Gasteiger partial charge < -0.3 is 14.4 Å². The van der Waals surface area contributed by atoms with E-state index in [0.29, 0.717) is 18.8 Å². The number of hydrogen-bond acceptors (Lipinski definition) is 4. The number of ether oxygens (including phenoxy) is 2. The number of rotatable bonds is 7. The maximum Gasteiger partial charge on any atom is 0.306 e. The summed E-state index contributed by atoms with van der Waals surface area (Å²) in [4.78, 5) is 25.5. The predicted octanol–water partition coefficient (Wildman–Crippen LogP) is 4.48. The highest BCUT2D eigenvalue weighted by Crippen LogP contribution is 2.38. The van der Waals surface area contributed by atoms with Gasteiger partial charge in [-0.25, -0.2) is 0 Å². The van der Waals surface area contributed by atoms with E-state index in [1.165, 1.54) is 29.7 Å². The zero-order valence-corrected chi connectivity index (χ0v) is 18.0. The molecule has 28 heavy (non-hydrogen) atoms. The molecule has 0 saturated heterocycles. The smallest absolute Gasteiger partial charge is 0.306 e. The van der Waals surface area contributed by atoms with Crippen molar-refractivity contribution in [3.05, 3.63) is 29.3 Å². The van der Waals surface area contributed by atoms with Crippen LogP contribution in [0, 0.1) is 0 Å². The largest absolute Gasteiger partial charge is 0.483 e. The minimum atomic E-state index is -0.457. The third-order valence-corrected chi connectivity index (χ3v) is 5.01. The third kappa shape index (κ3) is 7.17. The molecule has 1 aliphatic rings. The molecule has 0 atom stereocenters. The van der Waals surface area contributed by atoms with Crippen molar-refractivity contribution in [2.45, 2.75) is 77.2 Å². The van der Waals surface area contributed by atoms with E-state index in [1.807, 2.05) is 32.9 Å². The summed E-state index contributed by atoms with van der Waals surface area (Å²) in [5.74, 6) is 1.02. The Bertz CT molecular complexity index is 670. The van der Waals surface area contributed by atoms with E-state index in [1.54, 1.807) is 14.1 Å². The predicted molar refractivity (Wildman–Crippen MR) is 111 cm³/mol. The van der Waals surface area contributed by atoms with E-state index in [4.69, 9.17) is 9.47 Å². The molecule has 1 aromatic carbocycles. The Kier molecular flexibility index (Phi) is 7.90. The zero-order valence-electron chi connectivity index (χ0n) is 18.0. The Morgan fingerprint density at radius 2 is 1.79 bits per heavy atom. The first-order valence-electron chi connectivity index (χ1n) is 10.3. The van der Waals surface area contributed by atoms with Crippen LogP contribution in [0.4, 0.5) is 0 Å². The van der Waals surface area contributed by atoms with Gasteiger partial charge in [-0.2, -0.15) is 0 Å². The molecule has 1 aliphatic carbocycles. The van der Waals surface area contributed by atoms with Crippen molar-refractivity contribution >= 4 is 11.9 Å². The van der Waals surface area contributed by atoms with Crippen molar-refractivity contribution in [1.82, 2.24) is 4.90 Å². The number of amides is 1. The molecule has 5 nitrogen and oxygen atoms in total. The SMILES string of the molecule is CN(C)C(=O)COc1ccc(CCC(=O)OC(C)(C)C)cc1C1CCCCC1. The van der Waals surface area contributed by atoms with Crippen LogP contribution in [0.2, 0.25) is 0 Å². The second-order valence-corrected chi connectivity index (χ2v) is 8.87. The first kappa shape index (κ1) is 22.3. The maximum atomic E-state index is 12.0. The fraction of sp³-hybridized carbons (Fsp3) is 0.652. The van der Waals surface area contributed by atoms with Crippen molar-refractivity contribution in [3.8, 4) is 5.75 Å². The van der Waals surface area contributed by atoms with Gasteiger partial charge in [-0.3, -0.25) is 9.59 Å². The van der Waals surface area contributed by atoms with Gasteiger partial charge in [0.15, 0.2) is 6.61 Å². The summed E-state index contributed by atoms with van der Waals surface area (Å²) in [6, 6.07) is 6.11. The minimum absolute atomic E-state index is 0.0456. The fourth-order valence-corrected chi connectivity index (χ4v) is 3.53. The summed E-state index contributed by atoms with van der Waals surface area (Å²) in [7, 11) is 3.46. The highest BCUT2D eigenvalue weighted by molar-refractivity contribution is 5.77. The summed E-state index contributed by atoms with van der Waals surface area (Å²) in [6.45, 7) is 5.69. The Morgan fingerprint density at radius 3 is 2.39 bits per heavy atom. The number of likely N-dealkylation sites (N-methyl/N-ethyl adjacent to an activating group) is 1. The topological polar surface area (TPSA) is 55.8 Å². The average molecular weight is 390 g/mol. The monoisotopic (exact) mass is 389 g/mol. The van der Waals surface area contributed by atoms with Gasteiger partial charge in [-0.05, 0) is 63.1 Å². The standard InChI is InChI=1S/C23H35NO4/c1-23(2,3)28-22(26)14-12-17-11-13-20(27-16-21(25)24(4)5)19(15-17)18-9-7-6-8-10-18/h11,13,15,18H,6-10,12,14,16H2,1-5H3. The quantitative estimate of drug-likeness (QED) is 0.646. The van der Waals surface area contributed by atoms with Gasteiger partial charge in [0, 0.05) is 20.5 Å². The fourth-order valence-electron chi connectivity index (χ4n) is 3.53. The van der Waals surface area contributed by atoms with E-state index in [2.05, 4.69) is 6.07 Å². The number of benzene rings is 1. The molecule has 0 bridgehead atoms. The van der Waals surface area contributed by atoms with Crippen LogP contribution < -0.4 is 4.74 Å². The van der Waals surface area contributed by atoms with Gasteiger partial charge in [0.25, 0.3) is 5.91 Å². The number of hydrogen-bond donors (Lipinski definition) is 0. The number of esters is 1. The van der Waals surface area contributed by atoms with E-state index in [9.17, 15) is 9.59 Å². The van der Waals surface area contributed by atoms with Crippen molar-refractivity contribution in [2.24, 2.45) is 0 Å². The van der Waals surface area contributed by atoms with E-state index >= 15 is 0 Å². The molecule has 1 amide bonds. The second kappa shape index (κ2) is 9.94. The van der Waals surface area contributed by atoms with Crippen LogP contribution in [-0.2, 0) is 20.7 Å². The van der Waals surface area contributed by atoms with E-state index in [-0.39, 0.29) is 18.5 Å². The molecule has 0 spiro atoms. The normalized spacial score (nSPS) is 15.2. The number of carbonyl (C=O) groups is 2. The Morgan fingerprint density at radius 1 is 1.11 bits per heavy atom. The molecule has 0 heterocycles. The lowest BCUT2D eigenvalue weighted by Crippen LogP contribution is -2.27. The molecule has 156 valence electrons. The molecular formula is C23H35NO4. The maximum absolute atomic E-state index is 12.0. The molecular weight excluding hydrogens is 354 g/mol. The van der Waals surface area contributed by atoms with Crippen LogP contribution in [0.25, 0.3) is 0 Å². The van der Waals surface area contributed by atoms with Gasteiger partial charge >= 0.3 is 5.97 Å². The molecule has 1 fully saturated rings. The summed E-state index contributed by atoms with van der Waals surface area (Å²) in [5, 5.41) is 0. The van der Waals surface area contributed by atoms with Gasteiger partial charge in [-0.15, -0.1) is 0 Å². The van der Waals surface area contributed by atoms with Crippen molar-refractivity contribution in [3.63, 3.8) is 0 Å². The molecule has 2 rings (SSSR count). The molecule has 0 unspecified atom stereocenters. The molecule has 1 aromatic rings. The highest BCUT2D eigenvalue weighted by atomic mass is 16.6. The van der Waals surface area contributed by atoms with Crippen molar-refractivity contribution < 1.29 is 19.1 Å². The molecule has 0 N–H and O–H groups in total. The summed E-state index contributed by atoms with van der Waals surface area (Å²) in [5.41, 5.74) is 1.83. The van der Waals surface area contributed by atoms with E-state index in [0.717, 1.165) is 24.2 Å². The lowest BCUT2D eigenvalue weighted by Gasteiger charge is -2.25. The average Bonchev–Trinajstić information content (AvgIpc) is 2.64. The first-order valence-corrected chi connectivity index (χ1v) is 10.3. The minimum Gasteiger partial charge on any atom is -0.483 e. The summed E-state index contributed by atoms with van der Waals surface area (Å²) < 4.78 is 11.3. The lowest BCUT2D eigenvalue weighted by molar-refractivity contribution is -0.154. The van der Waals surface area contributed by atoms with Crippen LogP contribution in [0.5, 0.6) is 5.75 Å². The zero-order chi connectivity index (χ0) is 20.7. The van der Waals surface area contributed by atoms with Gasteiger partial charge in [0.2, 0.25) is 0 Å². The molecule has 0 aliphatic heterocycles. The van der Waals surface area contributed by atoms with Crippen LogP contribution in [-0.4, -0.2) is 43.1 Å². The van der Waals surface area contributed by atoms with Crippen LogP contribution in [0.3, 0.4) is 0 Å². The third-order valence-electron chi connectivity index (χ3n) is 5.01. The molecule has 5 heteroatoms. The number of aryl methyl sites for hydroxylation is 1. The molecule has 0 radical (unpaired) electrons. The summed E-state index contributed by atoms with van der Waals surface area (Å²) in [6.07, 6.45) is 7.03. The summed E-state index contributed by atoms with van der Waals surface area (Å²) >= 11 is 0. The lowest BCUT2D eigenvalue weighted by atomic mass is 9.83. The Hall–Kier alpha value is -2.04.